The van der Waals surface area contributed by atoms with Gasteiger partial charge in [0.15, 0.2) is 0 Å². The summed E-state index contributed by atoms with van der Waals surface area (Å²) >= 11 is 3.04. The molecule has 1 heterocycles. The van der Waals surface area contributed by atoms with Gasteiger partial charge in [-0.15, -0.1) is 0 Å². The highest BCUT2D eigenvalue weighted by Crippen LogP contribution is 2.35. The number of anilines is 2. The zero-order valence-electron chi connectivity index (χ0n) is 16.3. The van der Waals surface area contributed by atoms with Crippen molar-refractivity contribution in [2.45, 2.75) is 24.2 Å². The van der Waals surface area contributed by atoms with Gasteiger partial charge in [-0.25, -0.2) is 13.2 Å². The first-order valence-electron chi connectivity index (χ1n) is 9.62. The maximum Gasteiger partial charge on any atom is 0.341 e. The van der Waals surface area contributed by atoms with Crippen molar-refractivity contribution in [2.75, 3.05) is 36.2 Å². The van der Waals surface area contributed by atoms with Crippen molar-refractivity contribution in [1.29, 1.82) is 0 Å². The summed E-state index contributed by atoms with van der Waals surface area (Å²) in [4.78, 5) is 13.9. The van der Waals surface area contributed by atoms with E-state index in [1.54, 1.807) is 18.2 Å². The van der Waals surface area contributed by atoms with Gasteiger partial charge >= 0.3 is 5.97 Å². The second kappa shape index (κ2) is 9.67. The third kappa shape index (κ3) is 5.24. The van der Waals surface area contributed by atoms with Gasteiger partial charge in [0.1, 0.15) is 16.2 Å². The predicted octanol–water partition coefficient (Wildman–Crippen LogP) is 3.55. The number of carboxylic acids is 1. The number of carboxylic acid groups (broad SMARTS) is 1. The summed E-state index contributed by atoms with van der Waals surface area (Å²) in [6, 6.07) is 9.11. The van der Waals surface area contributed by atoms with Gasteiger partial charge in [0.05, 0.1) is 15.8 Å². The normalized spacial score (nSPS) is 14.6. The molecule has 162 valence electrons. The van der Waals surface area contributed by atoms with Crippen LogP contribution >= 0.6 is 15.9 Å². The number of rotatable bonds is 9. The largest absolute Gasteiger partial charge is 0.506 e. The highest BCUT2D eigenvalue weighted by molar-refractivity contribution is 9.10. The number of aromatic hydroxyl groups is 1. The minimum Gasteiger partial charge on any atom is -0.506 e. The molecule has 0 spiro atoms. The third-order valence-electron chi connectivity index (χ3n) is 4.93. The molecule has 30 heavy (non-hydrogen) atoms. The molecule has 1 fully saturated rings. The third-order valence-corrected chi connectivity index (χ3v) is 6.99. The van der Waals surface area contributed by atoms with Crippen LogP contribution in [0, 0.1) is 0 Å². The molecule has 10 heteroatoms. The van der Waals surface area contributed by atoms with E-state index in [-0.39, 0.29) is 15.1 Å². The molecule has 1 aliphatic heterocycles. The Bertz CT molecular complexity index is 1020. The number of sulfonamides is 1. The Labute approximate surface area is 184 Å². The number of benzene rings is 2. The van der Waals surface area contributed by atoms with E-state index in [1.165, 1.54) is 31.0 Å². The average molecular weight is 498 g/mol. The lowest BCUT2D eigenvalue weighted by molar-refractivity contribution is 0.0695. The molecule has 0 saturated carbocycles. The molecule has 2 aromatic carbocycles. The Kier molecular flexibility index (Phi) is 7.22. The van der Waals surface area contributed by atoms with Gasteiger partial charge in [-0.2, -0.15) is 0 Å². The van der Waals surface area contributed by atoms with Crippen molar-refractivity contribution in [3.8, 4) is 5.75 Å². The lowest BCUT2D eigenvalue weighted by atomic mass is 10.1. The van der Waals surface area contributed by atoms with Crippen LogP contribution in [0.5, 0.6) is 5.75 Å². The van der Waals surface area contributed by atoms with E-state index >= 15 is 0 Å². The molecule has 0 aliphatic carbocycles. The monoisotopic (exact) mass is 497 g/mol. The van der Waals surface area contributed by atoms with Crippen LogP contribution in [0.15, 0.2) is 45.8 Å². The quantitative estimate of drug-likeness (QED) is 0.391. The zero-order chi connectivity index (χ0) is 21.7. The van der Waals surface area contributed by atoms with Crippen LogP contribution in [0.2, 0.25) is 0 Å². The van der Waals surface area contributed by atoms with Crippen LogP contribution in [0.1, 0.15) is 29.6 Å². The van der Waals surface area contributed by atoms with Gasteiger partial charge < -0.3 is 20.4 Å². The van der Waals surface area contributed by atoms with Gasteiger partial charge in [0.2, 0.25) is 0 Å². The molecule has 0 radical (unpaired) electrons. The fraction of sp³-hybridized carbons (Fsp3) is 0.350. The molecule has 1 aliphatic rings. The van der Waals surface area contributed by atoms with Crippen LogP contribution in [-0.2, 0) is 10.0 Å². The molecule has 2 aromatic rings. The van der Waals surface area contributed by atoms with Gasteiger partial charge in [0.25, 0.3) is 10.0 Å². The minimum absolute atomic E-state index is 0.00456. The summed E-state index contributed by atoms with van der Waals surface area (Å²) < 4.78 is 28.4. The number of carbonyl (C=O) groups is 1. The summed E-state index contributed by atoms with van der Waals surface area (Å²) in [6.45, 7) is 3.80. The van der Waals surface area contributed by atoms with Crippen LogP contribution in [-0.4, -0.2) is 55.7 Å². The van der Waals surface area contributed by atoms with Crippen LogP contribution in [0.25, 0.3) is 0 Å². The Balaban J connectivity index is 1.77. The van der Waals surface area contributed by atoms with E-state index in [1.807, 2.05) is 0 Å². The van der Waals surface area contributed by atoms with Crippen molar-refractivity contribution in [1.82, 2.24) is 4.90 Å². The van der Waals surface area contributed by atoms with Crippen LogP contribution in [0.3, 0.4) is 0 Å². The fourth-order valence-corrected chi connectivity index (χ4v) is 5.03. The minimum atomic E-state index is -4.10. The molecule has 0 aromatic heterocycles. The van der Waals surface area contributed by atoms with Gasteiger partial charge in [-0.1, -0.05) is 12.1 Å². The molecule has 0 bridgehead atoms. The Morgan fingerprint density at radius 3 is 2.50 bits per heavy atom. The number of nitrogens with zero attached hydrogens (tertiary/aromatic N) is 1. The molecule has 0 unspecified atom stereocenters. The Morgan fingerprint density at radius 2 is 1.80 bits per heavy atom. The molecule has 0 atom stereocenters. The Hall–Kier alpha value is -2.30. The highest BCUT2D eigenvalue weighted by Gasteiger charge is 2.24. The van der Waals surface area contributed by atoms with Crippen molar-refractivity contribution in [2.24, 2.45) is 0 Å². The Morgan fingerprint density at radius 1 is 1.10 bits per heavy atom. The molecule has 4 N–H and O–H groups in total. The number of nitrogens with one attached hydrogen (secondary N) is 2. The summed E-state index contributed by atoms with van der Waals surface area (Å²) in [5, 5.41) is 22.6. The molecule has 8 nitrogen and oxygen atoms in total. The van der Waals surface area contributed by atoms with E-state index in [0.29, 0.717) is 12.2 Å². The van der Waals surface area contributed by atoms with Gasteiger partial charge in [0, 0.05) is 6.54 Å². The van der Waals surface area contributed by atoms with E-state index < -0.39 is 27.3 Å². The first-order chi connectivity index (χ1) is 14.3. The summed E-state index contributed by atoms with van der Waals surface area (Å²) in [6.07, 6.45) is 3.33. The zero-order valence-corrected chi connectivity index (χ0v) is 18.7. The van der Waals surface area contributed by atoms with Crippen LogP contribution in [0.4, 0.5) is 11.4 Å². The number of hydrogen-bond donors (Lipinski definition) is 4. The maximum absolute atomic E-state index is 13.0. The molecular formula is C20H24BrN3O5S. The fourth-order valence-electron chi connectivity index (χ4n) is 3.45. The average Bonchev–Trinajstić information content (AvgIpc) is 3.21. The van der Waals surface area contributed by atoms with E-state index in [0.717, 1.165) is 26.1 Å². The summed E-state index contributed by atoms with van der Waals surface area (Å²) in [5.74, 6) is -1.99. The topological polar surface area (TPSA) is 119 Å². The van der Waals surface area contributed by atoms with E-state index in [2.05, 4.69) is 30.9 Å². The lowest BCUT2D eigenvalue weighted by Crippen LogP contribution is -2.23. The second-order valence-corrected chi connectivity index (χ2v) is 9.56. The predicted molar refractivity (Wildman–Crippen MR) is 119 cm³/mol. The number of halogens is 1. The van der Waals surface area contributed by atoms with Crippen molar-refractivity contribution >= 4 is 43.3 Å². The SMILES string of the molecule is O=C(O)c1c(NS(=O)(=O)c2ccccc2NCCCN2CCCC2)ccc(Br)c1O. The second-order valence-electron chi connectivity index (χ2n) is 7.05. The number of para-hydroxylation sites is 1. The first-order valence-corrected chi connectivity index (χ1v) is 11.9. The number of aromatic carboxylic acids is 1. The van der Waals surface area contributed by atoms with Crippen molar-refractivity contribution < 1.29 is 23.4 Å². The first kappa shape index (κ1) is 22.4. The summed E-state index contributed by atoms with van der Waals surface area (Å²) in [5.41, 5.74) is -0.305. The van der Waals surface area contributed by atoms with E-state index in [4.69, 9.17) is 0 Å². The van der Waals surface area contributed by atoms with Gasteiger partial charge in [-0.05, 0) is 79.1 Å². The van der Waals surface area contributed by atoms with Crippen molar-refractivity contribution in [3.05, 3.63) is 46.4 Å². The molecule has 0 amide bonds. The van der Waals surface area contributed by atoms with Gasteiger partial charge in [-0.3, -0.25) is 4.72 Å². The maximum atomic E-state index is 13.0. The lowest BCUT2D eigenvalue weighted by Gasteiger charge is -2.17. The number of phenols is 1. The van der Waals surface area contributed by atoms with Crippen LogP contribution < -0.4 is 10.0 Å². The number of hydrogen-bond acceptors (Lipinski definition) is 6. The summed E-state index contributed by atoms with van der Waals surface area (Å²) in [7, 11) is -4.10. The smallest absolute Gasteiger partial charge is 0.341 e. The number of likely N-dealkylation sites (tertiary alicyclic amines) is 1. The standard InChI is InChI=1S/C20H24BrN3O5S/c21-14-8-9-16(18(19(14)25)20(26)27)23-30(28,29)17-7-2-1-6-15(17)22-10-5-13-24-11-3-4-12-24/h1-2,6-9,22-23,25H,3-5,10-13H2,(H,26,27). The molecule has 3 rings (SSSR count). The molecule has 1 saturated heterocycles. The highest BCUT2D eigenvalue weighted by atomic mass is 79.9. The molecular weight excluding hydrogens is 474 g/mol. The van der Waals surface area contributed by atoms with E-state index in [9.17, 15) is 23.4 Å². The van der Waals surface area contributed by atoms with Crippen molar-refractivity contribution in [3.63, 3.8) is 0 Å².